The fourth-order valence-electron chi connectivity index (χ4n) is 2.61. The van der Waals surface area contributed by atoms with E-state index in [1.807, 2.05) is 13.0 Å². The summed E-state index contributed by atoms with van der Waals surface area (Å²) < 4.78 is 30.6. The third kappa shape index (κ3) is 5.77. The molecule has 0 atom stereocenters. The first-order chi connectivity index (χ1) is 15.2. The van der Waals surface area contributed by atoms with Crippen molar-refractivity contribution in [1.29, 1.82) is 5.26 Å². The lowest BCUT2D eigenvalue weighted by Crippen LogP contribution is -2.13. The van der Waals surface area contributed by atoms with Gasteiger partial charge in [0, 0.05) is 0 Å². The number of halogens is 2. The Kier molecular flexibility index (Phi) is 7.36. The lowest BCUT2D eigenvalue weighted by Gasteiger charge is -2.10. The third-order valence-corrected chi connectivity index (χ3v) is 6.46. The van der Waals surface area contributed by atoms with Gasteiger partial charge in [-0.15, -0.1) is 0 Å². The van der Waals surface area contributed by atoms with E-state index in [4.69, 9.17) is 15.8 Å². The Bertz CT molecular complexity index is 1350. The van der Waals surface area contributed by atoms with Crippen molar-refractivity contribution in [2.75, 3.05) is 5.32 Å². The molecular weight excluding hydrogens is 516 g/mol. The van der Waals surface area contributed by atoms with Crippen LogP contribution in [0.25, 0.3) is 6.08 Å². The highest BCUT2D eigenvalue weighted by Crippen LogP contribution is 2.30. The molecule has 0 fully saturated rings. The molecule has 0 bridgehead atoms. The minimum Gasteiger partial charge on any atom is -0.378 e. The zero-order valence-corrected chi connectivity index (χ0v) is 19.8. The van der Waals surface area contributed by atoms with Crippen molar-refractivity contribution < 1.29 is 17.4 Å². The van der Waals surface area contributed by atoms with E-state index >= 15 is 0 Å². The van der Waals surface area contributed by atoms with Crippen LogP contribution in [0.2, 0.25) is 5.02 Å². The van der Waals surface area contributed by atoms with Gasteiger partial charge in [-0.3, -0.25) is 4.79 Å². The smallest absolute Gasteiger partial charge is 0.339 e. The van der Waals surface area contributed by atoms with Crippen LogP contribution in [-0.2, 0) is 14.9 Å². The Morgan fingerprint density at radius 2 is 1.81 bits per heavy atom. The number of rotatable bonds is 6. The molecule has 162 valence electrons. The summed E-state index contributed by atoms with van der Waals surface area (Å²) in [5, 5.41) is 12.3. The van der Waals surface area contributed by atoms with E-state index in [2.05, 4.69) is 21.2 Å². The van der Waals surface area contributed by atoms with Crippen molar-refractivity contribution in [2.24, 2.45) is 0 Å². The Labute approximate surface area is 199 Å². The number of nitrogens with one attached hydrogen (secondary N) is 1. The van der Waals surface area contributed by atoms with E-state index in [0.29, 0.717) is 20.7 Å². The molecule has 3 aromatic rings. The van der Waals surface area contributed by atoms with E-state index in [1.54, 1.807) is 42.5 Å². The van der Waals surface area contributed by atoms with Gasteiger partial charge in [0.15, 0.2) is 5.75 Å². The standard InChI is InChI=1S/C23H16BrClN2O4S/c1-15-6-9-18(10-7-15)32(29,30)31-22-11-8-16(13-19(22)24)12-17(14-26)23(28)27-21-5-3-2-4-20(21)25/h2-13H,1H3,(H,27,28)/b17-12+. The minimum atomic E-state index is -4.02. The normalized spacial score (nSPS) is 11.5. The van der Waals surface area contributed by atoms with Gasteiger partial charge in [-0.2, -0.15) is 13.7 Å². The van der Waals surface area contributed by atoms with Crippen molar-refractivity contribution in [3.8, 4) is 11.8 Å². The zero-order valence-electron chi connectivity index (χ0n) is 16.7. The molecule has 0 unspecified atom stereocenters. The second-order valence-electron chi connectivity index (χ2n) is 6.64. The zero-order chi connectivity index (χ0) is 23.3. The van der Waals surface area contributed by atoms with Gasteiger partial charge in [-0.05, 0) is 70.9 Å². The van der Waals surface area contributed by atoms with E-state index < -0.39 is 16.0 Å². The lowest BCUT2D eigenvalue weighted by atomic mass is 10.1. The molecule has 0 heterocycles. The van der Waals surface area contributed by atoms with E-state index in [1.165, 1.54) is 30.3 Å². The molecule has 1 N–H and O–H groups in total. The number of nitriles is 1. The van der Waals surface area contributed by atoms with Crippen LogP contribution in [-0.4, -0.2) is 14.3 Å². The average molecular weight is 532 g/mol. The van der Waals surface area contributed by atoms with Crippen LogP contribution >= 0.6 is 27.5 Å². The van der Waals surface area contributed by atoms with Gasteiger partial charge >= 0.3 is 10.1 Å². The van der Waals surface area contributed by atoms with Crippen LogP contribution < -0.4 is 9.50 Å². The summed E-state index contributed by atoms with van der Waals surface area (Å²) in [4.78, 5) is 12.5. The molecule has 0 aliphatic heterocycles. The number of hydrogen-bond donors (Lipinski definition) is 1. The SMILES string of the molecule is Cc1ccc(S(=O)(=O)Oc2ccc(/C=C(\C#N)C(=O)Nc3ccccc3Cl)cc2Br)cc1. The highest BCUT2D eigenvalue weighted by Gasteiger charge is 2.18. The highest BCUT2D eigenvalue weighted by molar-refractivity contribution is 9.10. The number of carbonyl (C=O) groups is 1. The molecule has 0 aliphatic rings. The molecule has 0 saturated carbocycles. The maximum Gasteiger partial charge on any atom is 0.339 e. The van der Waals surface area contributed by atoms with Crippen molar-refractivity contribution in [3.63, 3.8) is 0 Å². The summed E-state index contributed by atoms with van der Waals surface area (Å²) in [5.41, 5.74) is 1.64. The van der Waals surface area contributed by atoms with Gasteiger partial charge in [0.05, 0.1) is 15.2 Å². The molecule has 0 spiro atoms. The van der Waals surface area contributed by atoms with Crippen LogP contribution in [0.1, 0.15) is 11.1 Å². The molecule has 0 radical (unpaired) electrons. The topological polar surface area (TPSA) is 96.3 Å². The summed E-state index contributed by atoms with van der Waals surface area (Å²) in [5.74, 6) is -0.555. The van der Waals surface area contributed by atoms with E-state index in [-0.39, 0.29) is 16.2 Å². The molecule has 32 heavy (non-hydrogen) atoms. The Balaban J connectivity index is 1.81. The van der Waals surface area contributed by atoms with Gasteiger partial charge in [-0.1, -0.05) is 47.5 Å². The van der Waals surface area contributed by atoms with E-state index in [9.17, 15) is 18.5 Å². The Hall–Kier alpha value is -3.12. The molecule has 6 nitrogen and oxygen atoms in total. The van der Waals surface area contributed by atoms with Gasteiger partial charge in [0.25, 0.3) is 5.91 Å². The summed E-state index contributed by atoms with van der Waals surface area (Å²) in [6, 6.07) is 19.3. The maximum atomic E-state index is 12.5. The number of benzene rings is 3. The Morgan fingerprint density at radius 3 is 2.44 bits per heavy atom. The van der Waals surface area contributed by atoms with Gasteiger partial charge in [0.2, 0.25) is 0 Å². The lowest BCUT2D eigenvalue weighted by molar-refractivity contribution is -0.112. The number of anilines is 1. The summed E-state index contributed by atoms with van der Waals surface area (Å²) in [7, 11) is -4.02. The summed E-state index contributed by atoms with van der Waals surface area (Å²) in [6.45, 7) is 1.85. The molecule has 3 rings (SSSR count). The van der Waals surface area contributed by atoms with Crippen LogP contribution in [0.15, 0.2) is 81.7 Å². The largest absolute Gasteiger partial charge is 0.378 e. The molecule has 3 aromatic carbocycles. The molecule has 9 heteroatoms. The van der Waals surface area contributed by atoms with Crippen molar-refractivity contribution >= 4 is 55.3 Å². The molecule has 0 saturated heterocycles. The first kappa shape index (κ1) is 23.5. The first-order valence-electron chi connectivity index (χ1n) is 9.18. The number of aryl methyl sites for hydroxylation is 1. The minimum absolute atomic E-state index is 0.0296. The number of amides is 1. The predicted molar refractivity (Wildman–Crippen MR) is 127 cm³/mol. The van der Waals surface area contributed by atoms with Crippen LogP contribution in [0, 0.1) is 18.3 Å². The second-order valence-corrected chi connectivity index (χ2v) is 9.45. The second kappa shape index (κ2) is 10.0. The molecular formula is C23H16BrClN2O4S. The summed E-state index contributed by atoms with van der Waals surface area (Å²) >= 11 is 9.31. The maximum absolute atomic E-state index is 12.5. The Morgan fingerprint density at radius 1 is 1.12 bits per heavy atom. The van der Waals surface area contributed by atoms with Crippen LogP contribution in [0.5, 0.6) is 5.75 Å². The predicted octanol–water partition coefficient (Wildman–Crippen LogP) is 5.72. The number of hydrogen-bond acceptors (Lipinski definition) is 5. The number of nitrogens with zero attached hydrogens (tertiary/aromatic N) is 1. The first-order valence-corrected chi connectivity index (χ1v) is 11.8. The van der Waals surface area contributed by atoms with Crippen molar-refractivity contribution in [3.05, 3.63) is 92.9 Å². The average Bonchev–Trinajstić information content (AvgIpc) is 2.75. The fourth-order valence-corrected chi connectivity index (χ4v) is 4.33. The monoisotopic (exact) mass is 530 g/mol. The third-order valence-electron chi connectivity index (χ3n) is 4.26. The molecule has 1 amide bonds. The molecule has 0 aromatic heterocycles. The number of para-hydroxylation sites is 1. The van der Waals surface area contributed by atoms with Gasteiger partial charge in [-0.25, -0.2) is 0 Å². The van der Waals surface area contributed by atoms with E-state index in [0.717, 1.165) is 5.56 Å². The van der Waals surface area contributed by atoms with Crippen LogP contribution in [0.4, 0.5) is 5.69 Å². The molecule has 0 aliphatic carbocycles. The van der Waals surface area contributed by atoms with Gasteiger partial charge in [0.1, 0.15) is 16.5 Å². The van der Waals surface area contributed by atoms with Crippen molar-refractivity contribution in [2.45, 2.75) is 11.8 Å². The van der Waals surface area contributed by atoms with Crippen molar-refractivity contribution in [1.82, 2.24) is 0 Å². The number of carbonyl (C=O) groups excluding carboxylic acids is 1. The highest BCUT2D eigenvalue weighted by atomic mass is 79.9. The van der Waals surface area contributed by atoms with Gasteiger partial charge < -0.3 is 9.50 Å². The summed E-state index contributed by atoms with van der Waals surface area (Å²) in [6.07, 6.45) is 1.37. The fraction of sp³-hybridized carbons (Fsp3) is 0.0435. The van der Waals surface area contributed by atoms with Crippen LogP contribution in [0.3, 0.4) is 0 Å². The quantitative estimate of drug-likeness (QED) is 0.249.